The zero-order valence-corrected chi connectivity index (χ0v) is 39.7. The van der Waals surface area contributed by atoms with E-state index in [1.165, 1.54) is 148 Å². The molecule has 0 aliphatic heterocycles. The number of nitrogens with zero attached hydrogens (tertiary/aromatic N) is 1. The van der Waals surface area contributed by atoms with Gasteiger partial charge in [-0.1, -0.05) is 193 Å². The Morgan fingerprint density at radius 3 is 1.31 bits per heavy atom. The van der Waals surface area contributed by atoms with Crippen LogP contribution in [0.1, 0.15) is 232 Å². The van der Waals surface area contributed by atoms with E-state index in [2.05, 4.69) is 26.0 Å². The number of rotatable bonds is 45. The number of carbonyl (C=O) groups excluding carboxylic acids is 2. The van der Waals surface area contributed by atoms with Crippen LogP contribution >= 0.6 is 7.82 Å². The summed E-state index contributed by atoms with van der Waals surface area (Å²) >= 11 is 0. The molecule has 1 unspecified atom stereocenters. The zero-order chi connectivity index (χ0) is 42.8. The van der Waals surface area contributed by atoms with Gasteiger partial charge in [0, 0.05) is 12.8 Å². The molecule has 0 aliphatic carbocycles. The van der Waals surface area contributed by atoms with Gasteiger partial charge >= 0.3 is 19.8 Å². The highest BCUT2D eigenvalue weighted by molar-refractivity contribution is 7.47. The largest absolute Gasteiger partial charge is 0.472 e. The molecule has 0 aromatic heterocycles. The molecule has 0 amide bonds. The molecule has 0 bridgehead atoms. The van der Waals surface area contributed by atoms with Crippen LogP contribution in [-0.4, -0.2) is 74.9 Å². The number of esters is 2. The van der Waals surface area contributed by atoms with Gasteiger partial charge in [-0.25, -0.2) is 4.57 Å². The summed E-state index contributed by atoms with van der Waals surface area (Å²) in [6, 6.07) is 0. The lowest BCUT2D eigenvalue weighted by Crippen LogP contribution is -2.37. The fraction of sp³-hybridized carbons (Fsp3) is 0.917. The van der Waals surface area contributed by atoms with Crippen LogP contribution in [0.4, 0.5) is 0 Å². The third-order valence-electron chi connectivity index (χ3n) is 10.8. The Morgan fingerprint density at radius 1 is 0.517 bits per heavy atom. The first kappa shape index (κ1) is 56.8. The Hall–Kier alpha value is -1.25. The maximum atomic E-state index is 12.7. The second kappa shape index (κ2) is 41.1. The number of phosphoric ester groups is 1. The molecular formula is C48H95NO8P+. The minimum atomic E-state index is -4.37. The van der Waals surface area contributed by atoms with Gasteiger partial charge in [0.2, 0.25) is 0 Å². The summed E-state index contributed by atoms with van der Waals surface area (Å²) < 4.78 is 34.4. The van der Waals surface area contributed by atoms with Crippen molar-refractivity contribution in [3.05, 3.63) is 12.2 Å². The fourth-order valence-electron chi connectivity index (χ4n) is 6.95. The molecule has 0 fully saturated rings. The first-order valence-corrected chi connectivity index (χ1v) is 25.9. The van der Waals surface area contributed by atoms with Crippen LogP contribution in [0.5, 0.6) is 0 Å². The van der Waals surface area contributed by atoms with E-state index < -0.39 is 26.5 Å². The molecule has 2 atom stereocenters. The van der Waals surface area contributed by atoms with Crippen LogP contribution in [-0.2, 0) is 32.7 Å². The van der Waals surface area contributed by atoms with Crippen LogP contribution in [0.3, 0.4) is 0 Å². The van der Waals surface area contributed by atoms with Crippen LogP contribution < -0.4 is 0 Å². The first-order valence-electron chi connectivity index (χ1n) is 24.4. The van der Waals surface area contributed by atoms with Crippen LogP contribution in [0.15, 0.2) is 12.2 Å². The molecule has 0 heterocycles. The van der Waals surface area contributed by atoms with Crippen LogP contribution in [0, 0.1) is 0 Å². The van der Waals surface area contributed by atoms with E-state index in [0.29, 0.717) is 17.4 Å². The Bertz CT molecular complexity index is 1000. The summed E-state index contributed by atoms with van der Waals surface area (Å²) in [5.74, 6) is -0.797. The van der Waals surface area contributed by atoms with E-state index in [1.54, 1.807) is 0 Å². The van der Waals surface area contributed by atoms with Crippen LogP contribution in [0.25, 0.3) is 0 Å². The summed E-state index contributed by atoms with van der Waals surface area (Å²) in [6.45, 7) is 4.43. The predicted octanol–water partition coefficient (Wildman–Crippen LogP) is 14.1. The van der Waals surface area contributed by atoms with Gasteiger partial charge < -0.3 is 18.9 Å². The maximum absolute atomic E-state index is 12.7. The quantitative estimate of drug-likeness (QED) is 0.0212. The van der Waals surface area contributed by atoms with Crippen molar-refractivity contribution in [2.45, 2.75) is 238 Å². The molecule has 0 aromatic rings. The molecule has 58 heavy (non-hydrogen) atoms. The monoisotopic (exact) mass is 845 g/mol. The van der Waals surface area contributed by atoms with E-state index >= 15 is 0 Å². The van der Waals surface area contributed by atoms with Crippen LogP contribution in [0.2, 0.25) is 0 Å². The molecule has 0 aliphatic rings. The molecule has 0 saturated carbocycles. The minimum Gasteiger partial charge on any atom is -0.462 e. The van der Waals surface area contributed by atoms with Crippen molar-refractivity contribution in [2.75, 3.05) is 47.5 Å². The van der Waals surface area contributed by atoms with Crippen molar-refractivity contribution < 1.29 is 42.1 Å². The van der Waals surface area contributed by atoms with E-state index in [0.717, 1.165) is 51.4 Å². The molecule has 0 radical (unpaired) electrons. The lowest BCUT2D eigenvalue weighted by molar-refractivity contribution is -0.870. The molecule has 10 heteroatoms. The van der Waals surface area contributed by atoms with Gasteiger partial charge in [0.1, 0.15) is 19.8 Å². The molecule has 0 spiro atoms. The number of unbranched alkanes of at least 4 members (excludes halogenated alkanes) is 29. The van der Waals surface area contributed by atoms with Crippen molar-refractivity contribution in [1.29, 1.82) is 0 Å². The maximum Gasteiger partial charge on any atom is 0.472 e. The Labute approximate surface area is 358 Å². The smallest absolute Gasteiger partial charge is 0.462 e. The number of likely N-dealkylation sites (N-methyl/N-ethyl adjacent to an activating group) is 1. The highest BCUT2D eigenvalue weighted by atomic mass is 31.2. The predicted molar refractivity (Wildman–Crippen MR) is 243 cm³/mol. The first-order chi connectivity index (χ1) is 28.0. The Kier molecular flexibility index (Phi) is 40.2. The molecule has 0 aromatic carbocycles. The average Bonchev–Trinajstić information content (AvgIpc) is 3.17. The summed E-state index contributed by atoms with van der Waals surface area (Å²) in [6.07, 6.45) is 44.1. The van der Waals surface area contributed by atoms with E-state index in [1.807, 2.05) is 21.1 Å². The number of ether oxygens (including phenoxy) is 2. The van der Waals surface area contributed by atoms with Gasteiger partial charge in [-0.15, -0.1) is 0 Å². The third-order valence-corrected chi connectivity index (χ3v) is 11.8. The summed E-state index contributed by atoms with van der Waals surface area (Å²) in [5, 5.41) is 0. The molecule has 0 rings (SSSR count). The molecule has 1 N–H and O–H groups in total. The topological polar surface area (TPSA) is 108 Å². The molecule has 344 valence electrons. The third kappa shape index (κ3) is 44.3. The second-order valence-corrected chi connectivity index (χ2v) is 19.3. The molecule has 9 nitrogen and oxygen atoms in total. The summed E-state index contributed by atoms with van der Waals surface area (Å²) in [5.41, 5.74) is 0. The van der Waals surface area contributed by atoms with Gasteiger partial charge in [0.25, 0.3) is 0 Å². The number of allylic oxidation sites excluding steroid dienone is 2. The number of carbonyl (C=O) groups is 2. The molecular weight excluding hydrogens is 750 g/mol. The number of hydrogen-bond donors (Lipinski definition) is 1. The lowest BCUT2D eigenvalue weighted by atomic mass is 10.0. The fourth-order valence-corrected chi connectivity index (χ4v) is 7.69. The zero-order valence-electron chi connectivity index (χ0n) is 38.8. The van der Waals surface area contributed by atoms with E-state index in [9.17, 15) is 19.0 Å². The van der Waals surface area contributed by atoms with Crippen molar-refractivity contribution in [3.63, 3.8) is 0 Å². The van der Waals surface area contributed by atoms with Crippen molar-refractivity contribution in [1.82, 2.24) is 0 Å². The van der Waals surface area contributed by atoms with Gasteiger partial charge in [0.15, 0.2) is 6.10 Å². The highest BCUT2D eigenvalue weighted by Crippen LogP contribution is 2.43. The Morgan fingerprint density at radius 2 is 0.879 bits per heavy atom. The summed E-state index contributed by atoms with van der Waals surface area (Å²) in [7, 11) is 1.48. The van der Waals surface area contributed by atoms with Gasteiger partial charge in [0.05, 0.1) is 27.7 Å². The Balaban J connectivity index is 4.19. The standard InChI is InChI=1S/C48H94NO8P/c1-6-8-10-12-14-16-18-20-21-22-23-24-25-26-27-28-29-31-33-35-37-39-41-48(51)57-46(45-56-58(52,53)55-43-42-49(3,4)5)44-54-47(50)40-38-36-34-32-30-19-17-15-13-11-9-7-2/h15,17,46H,6-14,16,18-45H2,1-5H3/p+1/b17-15+/t46-/m1/s1. The normalized spacial score (nSPS) is 13.6. The van der Waals surface area contributed by atoms with Crippen molar-refractivity contribution >= 4 is 19.8 Å². The lowest BCUT2D eigenvalue weighted by Gasteiger charge is -2.24. The van der Waals surface area contributed by atoms with Crippen molar-refractivity contribution in [2.24, 2.45) is 0 Å². The van der Waals surface area contributed by atoms with Gasteiger partial charge in [-0.3, -0.25) is 18.6 Å². The van der Waals surface area contributed by atoms with E-state index in [-0.39, 0.29) is 32.0 Å². The van der Waals surface area contributed by atoms with Gasteiger partial charge in [-0.05, 0) is 38.5 Å². The average molecular weight is 845 g/mol. The number of hydrogen-bond acceptors (Lipinski definition) is 7. The number of quaternary nitrogens is 1. The minimum absolute atomic E-state index is 0.0337. The van der Waals surface area contributed by atoms with E-state index in [4.69, 9.17) is 18.5 Å². The SMILES string of the molecule is CCCCC/C=C/CCCCCCCC(=O)OC[C@H](COP(=O)(O)OCC[N+](C)(C)C)OC(=O)CCCCCCCCCCCCCCCCCCCCCCCC. The van der Waals surface area contributed by atoms with Gasteiger partial charge in [-0.2, -0.15) is 0 Å². The van der Waals surface area contributed by atoms with Crippen molar-refractivity contribution in [3.8, 4) is 0 Å². The highest BCUT2D eigenvalue weighted by Gasteiger charge is 2.27. The summed E-state index contributed by atoms with van der Waals surface area (Å²) in [4.78, 5) is 35.4. The second-order valence-electron chi connectivity index (χ2n) is 17.9. The number of phosphoric acid groups is 1. The molecule has 0 saturated heterocycles.